The fourth-order valence-electron chi connectivity index (χ4n) is 4.17. The molecule has 132 valence electrons. The number of carbonyl (C=O) groups excluding carboxylic acids is 1. The molecule has 5 heteroatoms. The third-order valence-electron chi connectivity index (χ3n) is 5.44. The number of nitrogens with one attached hydrogen (secondary N) is 1. The number of methoxy groups -OCH3 is 1. The van der Waals surface area contributed by atoms with Crippen LogP contribution in [0.3, 0.4) is 0 Å². The third-order valence-corrected chi connectivity index (χ3v) is 5.44. The van der Waals surface area contributed by atoms with Crippen LogP contribution >= 0.6 is 0 Å². The Bertz CT molecular complexity index is 590. The first-order valence-corrected chi connectivity index (χ1v) is 8.95. The molecule has 2 aliphatic heterocycles. The minimum Gasteiger partial charge on any atom is -0.496 e. The van der Waals surface area contributed by atoms with Gasteiger partial charge in [0.25, 0.3) is 0 Å². The van der Waals surface area contributed by atoms with Crippen LogP contribution < -0.4 is 10.1 Å². The summed E-state index contributed by atoms with van der Waals surface area (Å²) in [7, 11) is 3.86. The topological polar surface area (TPSA) is 44.8 Å². The predicted octanol–water partition coefficient (Wildman–Crippen LogP) is 2.63. The summed E-state index contributed by atoms with van der Waals surface area (Å²) in [5, 5.41) is 3.11. The predicted molar refractivity (Wildman–Crippen MR) is 95.3 cm³/mol. The summed E-state index contributed by atoms with van der Waals surface area (Å²) in [6.45, 7) is 5.68. The average molecular weight is 331 g/mol. The maximum atomic E-state index is 12.7. The number of hydrogen-bond acceptors (Lipinski definition) is 3. The van der Waals surface area contributed by atoms with Gasteiger partial charge in [0.15, 0.2) is 0 Å². The number of ether oxygens (including phenoxy) is 1. The van der Waals surface area contributed by atoms with Gasteiger partial charge in [-0.25, -0.2) is 4.79 Å². The van der Waals surface area contributed by atoms with Gasteiger partial charge >= 0.3 is 6.03 Å². The Morgan fingerprint density at radius 1 is 1.33 bits per heavy atom. The fraction of sp³-hybridized carbons (Fsp3) is 0.632. The van der Waals surface area contributed by atoms with E-state index in [0.29, 0.717) is 18.5 Å². The summed E-state index contributed by atoms with van der Waals surface area (Å²) < 4.78 is 5.29. The summed E-state index contributed by atoms with van der Waals surface area (Å²) >= 11 is 0. The number of likely N-dealkylation sites (tertiary alicyclic amines) is 2. The number of nitrogens with zero attached hydrogens (tertiary/aromatic N) is 2. The number of piperidine rings is 2. The molecular weight excluding hydrogens is 302 g/mol. The van der Waals surface area contributed by atoms with Crippen LogP contribution in [0.2, 0.25) is 0 Å². The molecule has 3 rings (SSSR count). The molecule has 0 unspecified atom stereocenters. The molecule has 0 aliphatic carbocycles. The zero-order chi connectivity index (χ0) is 17.1. The Kier molecular flexibility index (Phi) is 5.29. The van der Waals surface area contributed by atoms with Gasteiger partial charge < -0.3 is 19.9 Å². The number of fused-ring (bicyclic) bond motifs is 1. The Hall–Kier alpha value is -1.75. The first kappa shape index (κ1) is 17.1. The minimum atomic E-state index is 0.0859. The van der Waals surface area contributed by atoms with Crippen molar-refractivity contribution >= 4 is 6.03 Å². The van der Waals surface area contributed by atoms with Gasteiger partial charge in [-0.1, -0.05) is 12.1 Å². The monoisotopic (exact) mass is 331 g/mol. The van der Waals surface area contributed by atoms with E-state index in [1.807, 2.05) is 19.1 Å². The summed E-state index contributed by atoms with van der Waals surface area (Å²) in [6, 6.07) is 6.55. The van der Waals surface area contributed by atoms with Crippen LogP contribution in [0.1, 0.15) is 30.4 Å². The van der Waals surface area contributed by atoms with Crippen LogP contribution in [0.15, 0.2) is 18.2 Å². The summed E-state index contributed by atoms with van der Waals surface area (Å²) in [5.74, 6) is 1.52. The molecular formula is C19H29N3O2. The molecule has 2 heterocycles. The normalized spacial score (nSPS) is 24.4. The highest BCUT2D eigenvalue weighted by molar-refractivity contribution is 5.74. The molecule has 2 fully saturated rings. The van der Waals surface area contributed by atoms with Gasteiger partial charge in [0.2, 0.25) is 0 Å². The van der Waals surface area contributed by atoms with Crippen molar-refractivity contribution in [3.63, 3.8) is 0 Å². The standard InChI is InChI=1S/C19H29N3O2/c1-14-11-15(6-7-18(14)24-3)12-20-19(23)22-9-4-5-16-13-21(2)10-8-17(16)22/h6-7,11,16-17H,4-5,8-10,12-13H2,1-3H3,(H,20,23)/t16-,17+/m1/s1. The van der Waals surface area contributed by atoms with E-state index in [0.717, 1.165) is 49.4 Å². The van der Waals surface area contributed by atoms with Crippen LogP contribution in [0.4, 0.5) is 4.79 Å². The number of amides is 2. The number of benzene rings is 1. The number of carbonyl (C=O) groups is 1. The van der Waals surface area contributed by atoms with Crippen LogP contribution in [0, 0.1) is 12.8 Å². The molecule has 0 saturated carbocycles. The van der Waals surface area contributed by atoms with E-state index >= 15 is 0 Å². The quantitative estimate of drug-likeness (QED) is 0.926. The number of hydrogen-bond donors (Lipinski definition) is 1. The molecule has 1 N–H and O–H groups in total. The first-order valence-electron chi connectivity index (χ1n) is 8.95. The summed E-state index contributed by atoms with van der Waals surface area (Å²) in [6.07, 6.45) is 3.46. The maximum Gasteiger partial charge on any atom is 0.317 e. The zero-order valence-electron chi connectivity index (χ0n) is 15.0. The lowest BCUT2D eigenvalue weighted by Crippen LogP contribution is -2.57. The smallest absolute Gasteiger partial charge is 0.317 e. The van der Waals surface area contributed by atoms with E-state index in [1.54, 1.807) is 7.11 Å². The Labute approximate surface area is 145 Å². The Balaban J connectivity index is 1.59. The highest BCUT2D eigenvalue weighted by Gasteiger charge is 2.37. The van der Waals surface area contributed by atoms with Crippen LogP contribution in [0.5, 0.6) is 5.75 Å². The molecule has 2 saturated heterocycles. The molecule has 24 heavy (non-hydrogen) atoms. The van der Waals surface area contributed by atoms with Crippen molar-refractivity contribution < 1.29 is 9.53 Å². The second-order valence-electron chi connectivity index (χ2n) is 7.18. The zero-order valence-corrected chi connectivity index (χ0v) is 15.0. The lowest BCUT2D eigenvalue weighted by Gasteiger charge is -2.46. The molecule has 1 aromatic carbocycles. The molecule has 2 amide bonds. The Morgan fingerprint density at radius 2 is 2.17 bits per heavy atom. The van der Waals surface area contributed by atoms with E-state index in [2.05, 4.69) is 28.2 Å². The van der Waals surface area contributed by atoms with Crippen molar-refractivity contribution in [1.29, 1.82) is 0 Å². The van der Waals surface area contributed by atoms with Crippen LogP contribution in [0.25, 0.3) is 0 Å². The summed E-state index contributed by atoms with van der Waals surface area (Å²) in [5.41, 5.74) is 2.20. The molecule has 1 aromatic rings. The molecule has 2 atom stereocenters. The van der Waals surface area contributed by atoms with E-state index in [1.165, 1.54) is 6.42 Å². The summed E-state index contributed by atoms with van der Waals surface area (Å²) in [4.78, 5) is 17.2. The minimum absolute atomic E-state index is 0.0859. The average Bonchev–Trinajstić information content (AvgIpc) is 2.59. The molecule has 0 bridgehead atoms. The van der Waals surface area contributed by atoms with Gasteiger partial charge in [0.1, 0.15) is 5.75 Å². The van der Waals surface area contributed by atoms with E-state index in [9.17, 15) is 4.79 Å². The van der Waals surface area contributed by atoms with Gasteiger partial charge in [0.05, 0.1) is 7.11 Å². The van der Waals surface area contributed by atoms with Crippen molar-refractivity contribution in [2.75, 3.05) is 33.8 Å². The molecule has 0 aromatic heterocycles. The second-order valence-corrected chi connectivity index (χ2v) is 7.18. The second kappa shape index (κ2) is 7.43. The van der Waals surface area contributed by atoms with Crippen LogP contribution in [-0.4, -0.2) is 55.7 Å². The lowest BCUT2D eigenvalue weighted by molar-refractivity contribution is 0.0532. The van der Waals surface area contributed by atoms with Gasteiger partial charge in [-0.15, -0.1) is 0 Å². The van der Waals surface area contributed by atoms with Crippen molar-refractivity contribution in [3.05, 3.63) is 29.3 Å². The number of urea groups is 1. The van der Waals surface area contributed by atoms with Crippen LogP contribution in [-0.2, 0) is 6.54 Å². The highest BCUT2D eigenvalue weighted by Crippen LogP contribution is 2.30. The molecule has 5 nitrogen and oxygen atoms in total. The third kappa shape index (κ3) is 3.66. The van der Waals surface area contributed by atoms with Crippen molar-refractivity contribution in [1.82, 2.24) is 15.1 Å². The van der Waals surface area contributed by atoms with Gasteiger partial charge in [-0.2, -0.15) is 0 Å². The van der Waals surface area contributed by atoms with Gasteiger partial charge in [-0.3, -0.25) is 0 Å². The van der Waals surface area contributed by atoms with Gasteiger partial charge in [-0.05, 0) is 62.9 Å². The van der Waals surface area contributed by atoms with Crippen molar-refractivity contribution in [2.24, 2.45) is 5.92 Å². The first-order chi connectivity index (χ1) is 11.6. The Morgan fingerprint density at radius 3 is 2.92 bits per heavy atom. The van der Waals surface area contributed by atoms with E-state index < -0.39 is 0 Å². The molecule has 0 spiro atoms. The number of rotatable bonds is 3. The maximum absolute atomic E-state index is 12.7. The lowest BCUT2D eigenvalue weighted by atomic mass is 9.84. The van der Waals surface area contributed by atoms with E-state index in [-0.39, 0.29) is 6.03 Å². The number of aryl methyl sites for hydroxylation is 1. The van der Waals surface area contributed by atoms with Crippen molar-refractivity contribution in [3.8, 4) is 5.75 Å². The van der Waals surface area contributed by atoms with Crippen molar-refractivity contribution in [2.45, 2.75) is 38.8 Å². The molecule has 0 radical (unpaired) electrons. The highest BCUT2D eigenvalue weighted by atomic mass is 16.5. The SMILES string of the molecule is COc1ccc(CNC(=O)N2CCC[C@@H]3CN(C)CC[C@@H]32)cc1C. The fourth-order valence-corrected chi connectivity index (χ4v) is 4.17. The van der Waals surface area contributed by atoms with Gasteiger partial charge in [0, 0.05) is 25.7 Å². The molecule has 2 aliphatic rings. The largest absolute Gasteiger partial charge is 0.496 e. The van der Waals surface area contributed by atoms with E-state index in [4.69, 9.17) is 4.74 Å².